The molecule has 0 radical (unpaired) electrons. The van der Waals surface area contributed by atoms with Gasteiger partial charge in [-0.15, -0.1) is 12.4 Å². The standard InChI is InChI=1S/C24H29Cl2N3O5.ClH/c1-2-33-24(32)19(14-16-6-4-3-5-7-16)28-23(31)17-15-18(25)22(20(26)21(17)30)34-13-12-29-10-8-27-9-11-29;/h3-7,15,19,27,30H,2,8-14H2,1H3,(H,28,31);1H/t19-;/m1./s1. The highest BCUT2D eigenvalue weighted by Gasteiger charge is 2.27. The number of nitrogens with one attached hydrogen (secondary N) is 2. The van der Waals surface area contributed by atoms with Crippen LogP contribution in [0.15, 0.2) is 36.4 Å². The first-order valence-corrected chi connectivity index (χ1v) is 11.9. The molecule has 35 heavy (non-hydrogen) atoms. The van der Waals surface area contributed by atoms with Crippen molar-refractivity contribution < 1.29 is 24.2 Å². The summed E-state index contributed by atoms with van der Waals surface area (Å²) in [7, 11) is 0. The summed E-state index contributed by atoms with van der Waals surface area (Å²) in [6, 6.07) is 9.55. The van der Waals surface area contributed by atoms with Crippen molar-refractivity contribution in [2.45, 2.75) is 19.4 Å². The highest BCUT2D eigenvalue weighted by atomic mass is 35.5. The lowest BCUT2D eigenvalue weighted by molar-refractivity contribution is -0.145. The van der Waals surface area contributed by atoms with E-state index in [1.54, 1.807) is 6.92 Å². The number of ether oxygens (including phenoxy) is 2. The zero-order valence-corrected chi connectivity index (χ0v) is 21.7. The van der Waals surface area contributed by atoms with E-state index in [1.807, 2.05) is 30.3 Å². The van der Waals surface area contributed by atoms with Crippen LogP contribution in [-0.2, 0) is 16.0 Å². The molecule has 1 fully saturated rings. The van der Waals surface area contributed by atoms with Crippen LogP contribution in [-0.4, -0.2) is 73.9 Å². The van der Waals surface area contributed by atoms with Gasteiger partial charge in [0.05, 0.1) is 17.2 Å². The summed E-state index contributed by atoms with van der Waals surface area (Å²) in [4.78, 5) is 27.7. The van der Waals surface area contributed by atoms with E-state index >= 15 is 0 Å². The Hall–Kier alpha value is -2.23. The van der Waals surface area contributed by atoms with Gasteiger partial charge >= 0.3 is 5.97 Å². The van der Waals surface area contributed by atoms with Crippen LogP contribution in [0.1, 0.15) is 22.8 Å². The minimum atomic E-state index is -0.957. The predicted molar refractivity (Wildman–Crippen MR) is 138 cm³/mol. The van der Waals surface area contributed by atoms with Crippen molar-refractivity contribution in [1.82, 2.24) is 15.5 Å². The molecule has 0 aromatic heterocycles. The fraction of sp³-hybridized carbons (Fsp3) is 0.417. The number of aromatic hydroxyl groups is 1. The second kappa shape index (κ2) is 14.4. The number of nitrogens with zero attached hydrogens (tertiary/aromatic N) is 1. The fourth-order valence-corrected chi connectivity index (χ4v) is 4.19. The van der Waals surface area contributed by atoms with Gasteiger partial charge in [-0.05, 0) is 18.6 Å². The number of rotatable bonds is 10. The van der Waals surface area contributed by atoms with Crippen molar-refractivity contribution in [3.8, 4) is 11.5 Å². The number of halogens is 3. The zero-order valence-electron chi connectivity index (χ0n) is 19.4. The van der Waals surface area contributed by atoms with Crippen LogP contribution in [0.25, 0.3) is 0 Å². The Bertz CT molecular complexity index is 988. The lowest BCUT2D eigenvalue weighted by Crippen LogP contribution is -2.44. The molecule has 1 atom stereocenters. The first-order chi connectivity index (χ1) is 16.4. The molecule has 1 amide bonds. The third-order valence-corrected chi connectivity index (χ3v) is 6.05. The second-order valence-electron chi connectivity index (χ2n) is 7.81. The molecule has 2 aromatic carbocycles. The lowest BCUT2D eigenvalue weighted by atomic mass is 10.1. The molecule has 1 saturated heterocycles. The second-order valence-corrected chi connectivity index (χ2v) is 8.59. The molecule has 1 heterocycles. The molecule has 0 bridgehead atoms. The van der Waals surface area contributed by atoms with E-state index in [4.69, 9.17) is 32.7 Å². The van der Waals surface area contributed by atoms with Crippen LogP contribution >= 0.6 is 35.6 Å². The number of benzene rings is 2. The maximum atomic E-state index is 13.0. The normalized spacial score (nSPS) is 14.5. The van der Waals surface area contributed by atoms with Crippen LogP contribution in [0.5, 0.6) is 11.5 Å². The Morgan fingerprint density at radius 1 is 1.20 bits per heavy atom. The van der Waals surface area contributed by atoms with Gasteiger partial charge < -0.3 is 25.2 Å². The van der Waals surface area contributed by atoms with E-state index in [0.717, 1.165) is 31.7 Å². The molecule has 192 valence electrons. The van der Waals surface area contributed by atoms with Gasteiger partial charge in [0.1, 0.15) is 17.7 Å². The SMILES string of the molecule is CCOC(=O)[C@@H](Cc1ccccc1)NC(=O)c1cc(Cl)c(OCCN2CCNCC2)c(Cl)c1O.Cl. The van der Waals surface area contributed by atoms with Crippen molar-refractivity contribution in [3.05, 3.63) is 57.6 Å². The van der Waals surface area contributed by atoms with Gasteiger partial charge in [0.25, 0.3) is 5.91 Å². The molecule has 1 aliphatic rings. The third-order valence-electron chi connectivity index (χ3n) is 5.42. The van der Waals surface area contributed by atoms with E-state index in [9.17, 15) is 14.7 Å². The predicted octanol–water partition coefficient (Wildman–Crippen LogP) is 3.31. The quantitative estimate of drug-likeness (QED) is 0.393. The van der Waals surface area contributed by atoms with Crippen molar-refractivity contribution in [1.29, 1.82) is 0 Å². The average molecular weight is 547 g/mol. The van der Waals surface area contributed by atoms with Crippen LogP contribution < -0.4 is 15.4 Å². The Balaban J connectivity index is 0.00000432. The highest BCUT2D eigenvalue weighted by Crippen LogP contribution is 2.42. The molecule has 0 saturated carbocycles. The minimum absolute atomic E-state index is 0. The monoisotopic (exact) mass is 545 g/mol. The summed E-state index contributed by atoms with van der Waals surface area (Å²) < 4.78 is 10.8. The summed E-state index contributed by atoms with van der Waals surface area (Å²) in [6.07, 6.45) is 0.223. The zero-order chi connectivity index (χ0) is 24.5. The van der Waals surface area contributed by atoms with Gasteiger partial charge in [-0.2, -0.15) is 0 Å². The molecule has 8 nitrogen and oxygen atoms in total. The first-order valence-electron chi connectivity index (χ1n) is 11.2. The molecule has 2 aromatic rings. The maximum absolute atomic E-state index is 13.0. The summed E-state index contributed by atoms with van der Waals surface area (Å²) in [5.74, 6) is -1.64. The summed E-state index contributed by atoms with van der Waals surface area (Å²) in [5.41, 5.74) is 0.682. The molecule has 0 aliphatic carbocycles. The number of phenols is 1. The number of esters is 1. The topological polar surface area (TPSA) is 100 Å². The highest BCUT2D eigenvalue weighted by molar-refractivity contribution is 6.39. The Kier molecular flexibility index (Phi) is 11.9. The number of carbonyl (C=O) groups excluding carboxylic acids is 2. The number of amides is 1. The third kappa shape index (κ3) is 8.15. The van der Waals surface area contributed by atoms with E-state index in [2.05, 4.69) is 15.5 Å². The Morgan fingerprint density at radius 2 is 1.89 bits per heavy atom. The average Bonchev–Trinajstić information content (AvgIpc) is 2.84. The van der Waals surface area contributed by atoms with Crippen LogP contribution in [0.3, 0.4) is 0 Å². The molecule has 0 unspecified atom stereocenters. The molecule has 1 aliphatic heterocycles. The summed E-state index contributed by atoms with van der Waals surface area (Å²) in [5, 5.41) is 16.4. The van der Waals surface area contributed by atoms with Crippen molar-refractivity contribution in [3.63, 3.8) is 0 Å². The molecule has 3 rings (SSSR count). The van der Waals surface area contributed by atoms with Crippen molar-refractivity contribution >= 4 is 47.5 Å². The van der Waals surface area contributed by atoms with E-state index in [-0.39, 0.29) is 46.8 Å². The van der Waals surface area contributed by atoms with Gasteiger partial charge in [-0.1, -0.05) is 53.5 Å². The van der Waals surface area contributed by atoms with Gasteiger partial charge in [0, 0.05) is 39.1 Å². The number of hydrogen-bond donors (Lipinski definition) is 3. The molecule has 11 heteroatoms. The number of piperazine rings is 1. The van der Waals surface area contributed by atoms with E-state index in [1.165, 1.54) is 6.07 Å². The van der Waals surface area contributed by atoms with E-state index < -0.39 is 23.7 Å². The molecule has 3 N–H and O–H groups in total. The number of phenolic OH excluding ortho intramolecular Hbond substituents is 1. The van der Waals surface area contributed by atoms with Crippen molar-refractivity contribution in [2.75, 3.05) is 45.9 Å². The van der Waals surface area contributed by atoms with Gasteiger partial charge in [-0.3, -0.25) is 9.69 Å². The Labute approximate surface area is 221 Å². The maximum Gasteiger partial charge on any atom is 0.328 e. The van der Waals surface area contributed by atoms with Gasteiger partial charge in [0.2, 0.25) is 0 Å². The van der Waals surface area contributed by atoms with Crippen LogP contribution in [0.2, 0.25) is 10.0 Å². The fourth-order valence-electron chi connectivity index (χ4n) is 3.63. The van der Waals surface area contributed by atoms with Crippen LogP contribution in [0.4, 0.5) is 0 Å². The molecular formula is C24H30Cl3N3O5. The van der Waals surface area contributed by atoms with Crippen LogP contribution in [0, 0.1) is 0 Å². The minimum Gasteiger partial charge on any atom is -0.505 e. The number of carbonyl (C=O) groups is 2. The summed E-state index contributed by atoms with van der Waals surface area (Å²) in [6.45, 7) is 6.53. The molecule has 0 spiro atoms. The lowest BCUT2D eigenvalue weighted by Gasteiger charge is -2.27. The largest absolute Gasteiger partial charge is 0.505 e. The van der Waals surface area contributed by atoms with Gasteiger partial charge in [-0.25, -0.2) is 4.79 Å². The van der Waals surface area contributed by atoms with Crippen molar-refractivity contribution in [2.24, 2.45) is 0 Å². The molecular weight excluding hydrogens is 517 g/mol. The Morgan fingerprint density at radius 3 is 2.54 bits per heavy atom. The van der Waals surface area contributed by atoms with E-state index in [0.29, 0.717) is 13.2 Å². The number of hydrogen-bond acceptors (Lipinski definition) is 7. The summed E-state index contributed by atoms with van der Waals surface area (Å²) >= 11 is 12.6. The van der Waals surface area contributed by atoms with Gasteiger partial charge in [0.15, 0.2) is 11.5 Å². The smallest absolute Gasteiger partial charge is 0.328 e. The first kappa shape index (κ1) is 29.0.